The summed E-state index contributed by atoms with van der Waals surface area (Å²) < 4.78 is 25.9. The predicted molar refractivity (Wildman–Crippen MR) is 37.1 cm³/mol. The third kappa shape index (κ3) is 16000. The molecular formula is C4H13NO3S. The van der Waals surface area contributed by atoms with Crippen molar-refractivity contribution in [2.45, 2.75) is 0 Å². The first-order valence-corrected chi connectivity index (χ1v) is 4.11. The van der Waals surface area contributed by atoms with Gasteiger partial charge in [0, 0.05) is 0 Å². The van der Waals surface area contributed by atoms with Gasteiger partial charge in [-0.2, -0.15) is 8.42 Å². The van der Waals surface area contributed by atoms with E-state index >= 15 is 0 Å². The molecule has 0 amide bonds. The topological polar surface area (TPSA) is 57.6 Å². The Hall–Kier alpha value is -0.130. The number of nitrogens with zero attached hydrogens (tertiary/aromatic N) is 1. The van der Waals surface area contributed by atoms with Crippen LogP contribution in [0.2, 0.25) is 0 Å². The Kier molecular flexibility index (Phi) is 6.11. The van der Waals surface area contributed by atoms with Crippen molar-refractivity contribution < 1.29 is 13.0 Å². The van der Waals surface area contributed by atoms with Crippen LogP contribution in [0, 0.1) is 0 Å². The molecule has 0 rings (SSSR count). The second-order valence-electron chi connectivity index (χ2n) is 2.07. The van der Waals surface area contributed by atoms with E-state index in [9.17, 15) is 8.42 Å². The van der Waals surface area contributed by atoms with Crippen molar-refractivity contribution in [3.05, 3.63) is 0 Å². The Morgan fingerprint density at radius 1 is 1.22 bits per heavy atom. The van der Waals surface area contributed by atoms with E-state index in [0.29, 0.717) is 6.26 Å². The van der Waals surface area contributed by atoms with Gasteiger partial charge >= 0.3 is 0 Å². The minimum absolute atomic E-state index is 0.715. The summed E-state index contributed by atoms with van der Waals surface area (Å²) >= 11 is 0. The van der Waals surface area contributed by atoms with Crippen molar-refractivity contribution in [3.8, 4) is 0 Å². The molecule has 1 N–H and O–H groups in total. The lowest BCUT2D eigenvalue weighted by Crippen LogP contribution is -1.99. The van der Waals surface area contributed by atoms with Gasteiger partial charge in [-0.05, 0) is 21.1 Å². The van der Waals surface area contributed by atoms with Crippen molar-refractivity contribution in [1.82, 2.24) is 4.90 Å². The fraction of sp³-hybridized carbons (Fsp3) is 1.00. The van der Waals surface area contributed by atoms with E-state index < -0.39 is 10.1 Å². The standard InChI is InChI=1S/C3H9N.CH4O3S/c1-4(2)3;1-5(2,3)4/h1-3H3;1H3,(H,2,3,4). The summed E-state index contributed by atoms with van der Waals surface area (Å²) in [6.07, 6.45) is 0.715. The van der Waals surface area contributed by atoms with E-state index in [4.69, 9.17) is 4.55 Å². The minimum atomic E-state index is -3.67. The average Bonchev–Trinajstić information content (AvgIpc) is 1.19. The molecule has 0 spiro atoms. The molecule has 0 aromatic heterocycles. The predicted octanol–water partition coefficient (Wildman–Crippen LogP) is -0.318. The molecule has 0 saturated carbocycles. The molecule has 0 aromatic carbocycles. The van der Waals surface area contributed by atoms with E-state index in [0.717, 1.165) is 0 Å². The van der Waals surface area contributed by atoms with Crippen LogP contribution in [0.4, 0.5) is 0 Å². The molecule has 0 saturated heterocycles. The Labute approximate surface area is 56.2 Å². The highest BCUT2D eigenvalue weighted by Crippen LogP contribution is 1.60. The summed E-state index contributed by atoms with van der Waals surface area (Å²) in [5, 5.41) is 0. The van der Waals surface area contributed by atoms with Crippen LogP contribution in [-0.4, -0.2) is 45.3 Å². The van der Waals surface area contributed by atoms with Crippen LogP contribution in [0.15, 0.2) is 0 Å². The van der Waals surface area contributed by atoms with Crippen LogP contribution in [0.5, 0.6) is 0 Å². The van der Waals surface area contributed by atoms with Crippen molar-refractivity contribution in [2.75, 3.05) is 27.4 Å². The van der Waals surface area contributed by atoms with Gasteiger partial charge in [-0.25, -0.2) is 0 Å². The van der Waals surface area contributed by atoms with Gasteiger partial charge in [-0.15, -0.1) is 0 Å². The lowest BCUT2D eigenvalue weighted by molar-refractivity contribution is 0.490. The SMILES string of the molecule is CN(C)C.CS(=O)(=O)O. The summed E-state index contributed by atoms with van der Waals surface area (Å²) in [6.45, 7) is 0. The maximum atomic E-state index is 9.19. The molecule has 5 heteroatoms. The highest BCUT2D eigenvalue weighted by atomic mass is 32.2. The van der Waals surface area contributed by atoms with Crippen molar-refractivity contribution in [2.24, 2.45) is 0 Å². The van der Waals surface area contributed by atoms with Crippen LogP contribution >= 0.6 is 0 Å². The zero-order valence-corrected chi connectivity index (χ0v) is 6.94. The lowest BCUT2D eigenvalue weighted by Gasteiger charge is -1.90. The van der Waals surface area contributed by atoms with Gasteiger partial charge in [-0.3, -0.25) is 4.55 Å². The van der Waals surface area contributed by atoms with E-state index in [2.05, 4.69) is 0 Å². The normalized spacial score (nSPS) is 10.4. The second kappa shape index (κ2) is 4.72. The number of rotatable bonds is 0. The molecule has 0 aromatic rings. The summed E-state index contributed by atoms with van der Waals surface area (Å²) in [4.78, 5) is 2.00. The fourth-order valence-corrected chi connectivity index (χ4v) is 0. The molecular weight excluding hydrogens is 142 g/mol. The quantitative estimate of drug-likeness (QED) is 0.487. The zero-order chi connectivity index (χ0) is 8.08. The Morgan fingerprint density at radius 3 is 1.22 bits per heavy atom. The molecule has 58 valence electrons. The summed E-state index contributed by atoms with van der Waals surface area (Å²) in [5.74, 6) is 0. The molecule has 0 bridgehead atoms. The van der Waals surface area contributed by atoms with Crippen molar-refractivity contribution in [3.63, 3.8) is 0 Å². The molecule has 0 heterocycles. The van der Waals surface area contributed by atoms with E-state index in [1.807, 2.05) is 26.0 Å². The second-order valence-corrected chi connectivity index (χ2v) is 3.54. The molecule has 0 aliphatic heterocycles. The first-order valence-electron chi connectivity index (χ1n) is 2.27. The number of hydrogen-bond donors (Lipinski definition) is 1. The first-order chi connectivity index (χ1) is 3.73. The van der Waals surface area contributed by atoms with E-state index in [1.165, 1.54) is 0 Å². The third-order valence-corrected chi connectivity index (χ3v) is 0. The maximum absolute atomic E-state index is 9.19. The van der Waals surface area contributed by atoms with Gasteiger partial charge in [0.2, 0.25) is 0 Å². The molecule has 0 aliphatic rings. The van der Waals surface area contributed by atoms with Gasteiger partial charge in [0.15, 0.2) is 0 Å². The van der Waals surface area contributed by atoms with Crippen LogP contribution in [0.1, 0.15) is 0 Å². The molecule has 4 nitrogen and oxygen atoms in total. The molecule has 0 unspecified atom stereocenters. The summed E-state index contributed by atoms with van der Waals surface area (Å²) in [5.41, 5.74) is 0. The van der Waals surface area contributed by atoms with Crippen LogP contribution in [-0.2, 0) is 10.1 Å². The molecule has 9 heavy (non-hydrogen) atoms. The highest BCUT2D eigenvalue weighted by Gasteiger charge is 1.81. The molecule has 0 atom stereocenters. The first kappa shape index (κ1) is 11.6. The maximum Gasteiger partial charge on any atom is 0.261 e. The summed E-state index contributed by atoms with van der Waals surface area (Å²) in [6, 6.07) is 0. The Morgan fingerprint density at radius 2 is 1.22 bits per heavy atom. The summed E-state index contributed by atoms with van der Waals surface area (Å²) in [7, 11) is 2.33. The zero-order valence-electron chi connectivity index (χ0n) is 6.12. The minimum Gasteiger partial charge on any atom is -0.312 e. The lowest BCUT2D eigenvalue weighted by atomic mass is 11.0. The fourth-order valence-electron chi connectivity index (χ4n) is 0. The monoisotopic (exact) mass is 155 g/mol. The largest absolute Gasteiger partial charge is 0.312 e. The molecule has 0 fully saturated rings. The third-order valence-electron chi connectivity index (χ3n) is 0. The van der Waals surface area contributed by atoms with E-state index in [-0.39, 0.29) is 0 Å². The van der Waals surface area contributed by atoms with Crippen molar-refractivity contribution >= 4 is 10.1 Å². The van der Waals surface area contributed by atoms with E-state index in [1.54, 1.807) is 0 Å². The van der Waals surface area contributed by atoms with Crippen LogP contribution < -0.4 is 0 Å². The Bertz CT molecular complexity index is 127. The van der Waals surface area contributed by atoms with Gasteiger partial charge in [0.1, 0.15) is 0 Å². The number of hydrogen-bond acceptors (Lipinski definition) is 3. The van der Waals surface area contributed by atoms with Gasteiger partial charge in [0.05, 0.1) is 6.26 Å². The smallest absolute Gasteiger partial charge is 0.261 e. The van der Waals surface area contributed by atoms with Gasteiger partial charge in [-0.1, -0.05) is 0 Å². The van der Waals surface area contributed by atoms with Crippen LogP contribution in [0.3, 0.4) is 0 Å². The van der Waals surface area contributed by atoms with Crippen LogP contribution in [0.25, 0.3) is 0 Å². The van der Waals surface area contributed by atoms with Gasteiger partial charge in [0.25, 0.3) is 10.1 Å². The molecule has 0 aliphatic carbocycles. The molecule has 0 radical (unpaired) electrons. The highest BCUT2D eigenvalue weighted by molar-refractivity contribution is 7.85. The van der Waals surface area contributed by atoms with Crippen molar-refractivity contribution in [1.29, 1.82) is 0 Å². The van der Waals surface area contributed by atoms with Gasteiger partial charge < -0.3 is 4.90 Å². The average molecular weight is 155 g/mol. The Balaban J connectivity index is 0.